The van der Waals surface area contributed by atoms with Crippen LogP contribution in [0.2, 0.25) is 0 Å². The lowest BCUT2D eigenvalue weighted by atomic mass is 9.76. The fourth-order valence-corrected chi connectivity index (χ4v) is 5.97. The number of nitrogens with one attached hydrogen (secondary N) is 1. The van der Waals surface area contributed by atoms with Crippen LogP contribution in [-0.4, -0.2) is 62.1 Å². The van der Waals surface area contributed by atoms with Gasteiger partial charge in [0.15, 0.2) is 0 Å². The Labute approximate surface area is 191 Å². The van der Waals surface area contributed by atoms with Gasteiger partial charge < -0.3 is 19.9 Å². The summed E-state index contributed by atoms with van der Waals surface area (Å²) >= 11 is 0. The first-order valence-electron chi connectivity index (χ1n) is 12.1. The Kier molecular flexibility index (Phi) is 6.20. The molecule has 2 atom stereocenters. The van der Waals surface area contributed by atoms with Crippen molar-refractivity contribution >= 4 is 5.91 Å². The topological polar surface area (TPSA) is 44.8 Å². The van der Waals surface area contributed by atoms with Gasteiger partial charge in [-0.05, 0) is 68.1 Å². The van der Waals surface area contributed by atoms with Gasteiger partial charge in [-0.3, -0.25) is 4.79 Å². The van der Waals surface area contributed by atoms with Gasteiger partial charge in [0, 0.05) is 32.1 Å². The van der Waals surface area contributed by atoms with Crippen LogP contribution in [0.15, 0.2) is 54.6 Å². The Morgan fingerprint density at radius 1 is 0.969 bits per heavy atom. The van der Waals surface area contributed by atoms with E-state index in [4.69, 9.17) is 4.74 Å². The highest BCUT2D eigenvalue weighted by Gasteiger charge is 2.48. The first-order chi connectivity index (χ1) is 15.7. The van der Waals surface area contributed by atoms with Crippen molar-refractivity contribution in [3.05, 3.63) is 65.7 Å². The summed E-state index contributed by atoms with van der Waals surface area (Å²) in [5.74, 6) is 2.48. The number of piperidine rings is 1. The van der Waals surface area contributed by atoms with E-state index in [2.05, 4.69) is 57.6 Å². The van der Waals surface area contributed by atoms with E-state index in [9.17, 15) is 4.79 Å². The number of nitrogens with zero attached hydrogens (tertiary/aromatic N) is 2. The van der Waals surface area contributed by atoms with Crippen LogP contribution in [-0.2, 0) is 11.3 Å². The second kappa shape index (κ2) is 9.24. The predicted octanol–water partition coefficient (Wildman–Crippen LogP) is 3.51. The number of ether oxygens (including phenoxy) is 1. The Bertz CT molecular complexity index is 906. The van der Waals surface area contributed by atoms with Crippen molar-refractivity contribution in [3.63, 3.8) is 0 Å². The van der Waals surface area contributed by atoms with Crippen molar-refractivity contribution in [2.75, 3.05) is 46.4 Å². The van der Waals surface area contributed by atoms with E-state index in [1.165, 1.54) is 11.1 Å². The normalized spacial score (nSPS) is 25.5. The number of likely N-dealkylation sites (tertiary alicyclic amines) is 2. The zero-order chi connectivity index (χ0) is 22.0. The van der Waals surface area contributed by atoms with Crippen LogP contribution in [0.3, 0.4) is 0 Å². The average Bonchev–Trinajstić information content (AvgIpc) is 3.42. The van der Waals surface area contributed by atoms with Crippen LogP contribution in [0.1, 0.15) is 36.3 Å². The molecule has 3 aliphatic heterocycles. The molecule has 2 aromatic rings. The van der Waals surface area contributed by atoms with E-state index >= 15 is 0 Å². The summed E-state index contributed by atoms with van der Waals surface area (Å²) in [4.78, 5) is 18.1. The van der Waals surface area contributed by atoms with Crippen molar-refractivity contribution in [2.24, 2.45) is 11.3 Å². The van der Waals surface area contributed by atoms with E-state index in [0.717, 1.165) is 64.3 Å². The van der Waals surface area contributed by atoms with Crippen LogP contribution in [0.4, 0.5) is 0 Å². The summed E-state index contributed by atoms with van der Waals surface area (Å²) in [5, 5.41) is 3.61. The van der Waals surface area contributed by atoms with E-state index in [1.807, 2.05) is 12.1 Å². The van der Waals surface area contributed by atoms with Crippen LogP contribution in [0.5, 0.6) is 5.75 Å². The number of methoxy groups -OCH3 is 1. The van der Waals surface area contributed by atoms with E-state index in [1.54, 1.807) is 7.11 Å². The van der Waals surface area contributed by atoms with Gasteiger partial charge >= 0.3 is 0 Å². The minimum Gasteiger partial charge on any atom is -0.497 e. The molecule has 1 spiro atoms. The summed E-state index contributed by atoms with van der Waals surface area (Å²) in [6, 6.07) is 19.0. The number of hydrogen-bond acceptors (Lipinski definition) is 4. The van der Waals surface area contributed by atoms with Crippen LogP contribution < -0.4 is 10.1 Å². The summed E-state index contributed by atoms with van der Waals surface area (Å²) in [7, 11) is 1.68. The van der Waals surface area contributed by atoms with Gasteiger partial charge in [-0.25, -0.2) is 0 Å². The molecule has 2 aromatic carbocycles. The predicted molar refractivity (Wildman–Crippen MR) is 127 cm³/mol. The second-order valence-corrected chi connectivity index (χ2v) is 9.84. The number of amides is 1. The first-order valence-corrected chi connectivity index (χ1v) is 12.1. The zero-order valence-electron chi connectivity index (χ0n) is 19.1. The molecular formula is C27H35N3O2. The van der Waals surface area contributed by atoms with Crippen molar-refractivity contribution in [1.29, 1.82) is 0 Å². The van der Waals surface area contributed by atoms with E-state index < -0.39 is 0 Å². The molecule has 32 heavy (non-hydrogen) atoms. The van der Waals surface area contributed by atoms with Gasteiger partial charge in [0.25, 0.3) is 0 Å². The molecule has 3 fully saturated rings. The Hall–Kier alpha value is -2.37. The molecule has 1 N–H and O–H groups in total. The third-order valence-electron chi connectivity index (χ3n) is 8.01. The number of benzene rings is 2. The van der Waals surface area contributed by atoms with Crippen LogP contribution in [0.25, 0.3) is 0 Å². The maximum absolute atomic E-state index is 13.4. The molecule has 0 bridgehead atoms. The highest BCUT2D eigenvalue weighted by atomic mass is 16.5. The van der Waals surface area contributed by atoms with Gasteiger partial charge in [0.05, 0.1) is 12.5 Å². The van der Waals surface area contributed by atoms with Gasteiger partial charge in [0.1, 0.15) is 5.75 Å². The lowest BCUT2D eigenvalue weighted by Gasteiger charge is -2.39. The van der Waals surface area contributed by atoms with Crippen LogP contribution >= 0.6 is 0 Å². The molecule has 5 rings (SSSR count). The summed E-state index contributed by atoms with van der Waals surface area (Å²) in [6.07, 6.45) is 3.01. The monoisotopic (exact) mass is 433 g/mol. The SMILES string of the molecule is COc1ccc(CN2CCC3(CCN(C[C@@H]4CNC[C@@H]4c4ccccc4)CC3)C2=O)cc1. The molecule has 0 aromatic heterocycles. The maximum Gasteiger partial charge on any atom is 0.229 e. The average molecular weight is 434 g/mol. The van der Waals surface area contributed by atoms with Gasteiger partial charge in [0.2, 0.25) is 5.91 Å². The van der Waals surface area contributed by atoms with Crippen molar-refractivity contribution < 1.29 is 9.53 Å². The number of rotatable bonds is 6. The van der Waals surface area contributed by atoms with Crippen molar-refractivity contribution in [3.8, 4) is 5.75 Å². The molecule has 0 radical (unpaired) electrons. The van der Waals surface area contributed by atoms with E-state index in [-0.39, 0.29) is 5.41 Å². The zero-order valence-corrected chi connectivity index (χ0v) is 19.1. The van der Waals surface area contributed by atoms with Gasteiger partial charge in [-0.15, -0.1) is 0 Å². The van der Waals surface area contributed by atoms with Crippen molar-refractivity contribution in [2.45, 2.75) is 31.7 Å². The quantitative estimate of drug-likeness (QED) is 0.757. The largest absolute Gasteiger partial charge is 0.497 e. The fraction of sp³-hybridized carbons (Fsp3) is 0.519. The second-order valence-electron chi connectivity index (χ2n) is 9.84. The third kappa shape index (κ3) is 4.28. The minimum atomic E-state index is -0.129. The molecule has 0 saturated carbocycles. The molecule has 5 nitrogen and oxygen atoms in total. The molecule has 0 unspecified atom stereocenters. The summed E-state index contributed by atoms with van der Waals surface area (Å²) < 4.78 is 5.25. The molecule has 1 amide bonds. The Balaban J connectivity index is 1.16. The van der Waals surface area contributed by atoms with Crippen molar-refractivity contribution in [1.82, 2.24) is 15.1 Å². The molecule has 3 heterocycles. The highest BCUT2D eigenvalue weighted by molar-refractivity contribution is 5.85. The first kappa shape index (κ1) is 21.5. The molecular weight excluding hydrogens is 398 g/mol. The Morgan fingerprint density at radius 2 is 1.69 bits per heavy atom. The van der Waals surface area contributed by atoms with Crippen LogP contribution in [0, 0.1) is 11.3 Å². The highest BCUT2D eigenvalue weighted by Crippen LogP contribution is 2.42. The fourth-order valence-electron chi connectivity index (χ4n) is 5.97. The molecule has 3 saturated heterocycles. The van der Waals surface area contributed by atoms with Gasteiger partial charge in [-0.2, -0.15) is 0 Å². The summed E-state index contributed by atoms with van der Waals surface area (Å²) in [6.45, 7) is 6.97. The Morgan fingerprint density at radius 3 is 2.41 bits per heavy atom. The maximum atomic E-state index is 13.4. The standard InChI is InChI=1S/C27H35N3O2/c1-32-24-9-7-21(8-10-24)19-30-16-13-27(26(30)31)11-14-29(15-12-27)20-23-17-28-18-25(23)22-5-3-2-4-6-22/h2-10,23,25,28H,11-20H2,1H3/t23-,25+/m0/s1. The number of hydrogen-bond donors (Lipinski definition) is 1. The molecule has 5 heteroatoms. The lowest BCUT2D eigenvalue weighted by Crippen LogP contribution is -2.46. The minimum absolute atomic E-state index is 0.129. The number of carbonyl (C=O) groups excluding carboxylic acids is 1. The van der Waals surface area contributed by atoms with Gasteiger partial charge in [-0.1, -0.05) is 42.5 Å². The molecule has 170 valence electrons. The van der Waals surface area contributed by atoms with E-state index in [0.29, 0.717) is 24.3 Å². The lowest BCUT2D eigenvalue weighted by molar-refractivity contribution is -0.139. The molecule has 0 aliphatic carbocycles. The third-order valence-corrected chi connectivity index (χ3v) is 8.01. The molecule has 3 aliphatic rings. The number of carbonyl (C=O) groups is 1. The smallest absolute Gasteiger partial charge is 0.229 e. The summed E-state index contributed by atoms with van der Waals surface area (Å²) in [5.41, 5.74) is 2.50.